The molecule has 23 heavy (non-hydrogen) atoms. The molecule has 0 amide bonds. The Morgan fingerprint density at radius 3 is 2.48 bits per heavy atom. The van der Waals surface area contributed by atoms with Crippen LogP contribution in [0.3, 0.4) is 0 Å². The summed E-state index contributed by atoms with van der Waals surface area (Å²) in [5.74, 6) is 0. The molecule has 0 atom stereocenters. The Balaban J connectivity index is 2.24. The average molecular weight is 418 g/mol. The number of hydrogen-bond acceptors (Lipinski definition) is 1. The van der Waals surface area contributed by atoms with Gasteiger partial charge in [0.15, 0.2) is 0 Å². The van der Waals surface area contributed by atoms with E-state index in [4.69, 9.17) is 5.73 Å². The minimum atomic E-state index is 0.762. The molecule has 3 aromatic rings. The second-order valence-corrected chi connectivity index (χ2v) is 7.32. The van der Waals surface area contributed by atoms with E-state index in [1.54, 1.807) is 0 Å². The molecule has 2 aromatic carbocycles. The summed E-state index contributed by atoms with van der Waals surface area (Å²) in [5, 5.41) is 1.40. The maximum absolute atomic E-state index is 5.70. The molecule has 1 heterocycles. The molecule has 0 aliphatic heterocycles. The zero-order valence-electron chi connectivity index (χ0n) is 13.7. The Labute approximate surface area is 151 Å². The first-order chi connectivity index (χ1) is 11.1. The molecular weight excluding hydrogens is 395 g/mol. The molecule has 0 aliphatic carbocycles. The lowest BCUT2D eigenvalue weighted by atomic mass is 9.97. The van der Waals surface area contributed by atoms with Crippen LogP contribution < -0.4 is 5.73 Å². The van der Waals surface area contributed by atoms with Crippen LogP contribution in [0.4, 0.5) is 0 Å². The first-order valence-corrected chi connectivity index (χ1v) is 9.27. The van der Waals surface area contributed by atoms with Gasteiger partial charge in [-0.1, -0.05) is 30.3 Å². The average Bonchev–Trinajstić information content (AvgIpc) is 2.92. The van der Waals surface area contributed by atoms with E-state index in [1.807, 2.05) is 0 Å². The Morgan fingerprint density at radius 1 is 1.00 bits per heavy atom. The predicted molar refractivity (Wildman–Crippen MR) is 108 cm³/mol. The highest BCUT2D eigenvalue weighted by Gasteiger charge is 2.17. The summed E-state index contributed by atoms with van der Waals surface area (Å²) < 4.78 is 1.28. The number of benzene rings is 2. The maximum atomic E-state index is 5.70. The summed E-state index contributed by atoms with van der Waals surface area (Å²) in [5.41, 5.74) is 13.7. The predicted octanol–water partition coefficient (Wildman–Crippen LogP) is 5.34. The van der Waals surface area contributed by atoms with Crippen LogP contribution in [0.5, 0.6) is 0 Å². The molecule has 0 fully saturated rings. The highest BCUT2D eigenvalue weighted by Crippen LogP contribution is 2.36. The van der Waals surface area contributed by atoms with Gasteiger partial charge in [-0.15, -0.1) is 0 Å². The Morgan fingerprint density at radius 2 is 1.74 bits per heavy atom. The molecule has 0 spiro atoms. The van der Waals surface area contributed by atoms with Crippen molar-refractivity contribution in [1.82, 2.24) is 4.98 Å². The molecule has 120 valence electrons. The van der Waals surface area contributed by atoms with Crippen LogP contribution in [0, 0.1) is 17.4 Å². The van der Waals surface area contributed by atoms with Gasteiger partial charge in [0.1, 0.15) is 0 Å². The fraction of sp³-hybridized carbons (Fsp3) is 0.300. The van der Waals surface area contributed by atoms with Crippen LogP contribution in [0.1, 0.15) is 29.5 Å². The molecule has 0 radical (unpaired) electrons. The van der Waals surface area contributed by atoms with Gasteiger partial charge in [-0.3, -0.25) is 0 Å². The largest absolute Gasteiger partial charge is 0.354 e. The van der Waals surface area contributed by atoms with Crippen LogP contribution >= 0.6 is 22.6 Å². The zero-order valence-corrected chi connectivity index (χ0v) is 15.9. The number of aryl methyl sites for hydroxylation is 3. The number of unbranched alkanes of at least 4 members (excludes halogenated alkanes) is 1. The number of hydrogen-bond donors (Lipinski definition) is 2. The Kier molecular flexibility index (Phi) is 5.07. The highest BCUT2D eigenvalue weighted by atomic mass is 127. The highest BCUT2D eigenvalue weighted by molar-refractivity contribution is 14.1. The molecular formula is C20H23IN2. The van der Waals surface area contributed by atoms with E-state index in [0.29, 0.717) is 0 Å². The fourth-order valence-electron chi connectivity index (χ4n) is 3.28. The lowest BCUT2D eigenvalue weighted by molar-refractivity contribution is 0.748. The quantitative estimate of drug-likeness (QED) is 0.427. The third-order valence-electron chi connectivity index (χ3n) is 4.50. The second kappa shape index (κ2) is 7.05. The van der Waals surface area contributed by atoms with Crippen molar-refractivity contribution in [3.63, 3.8) is 0 Å². The van der Waals surface area contributed by atoms with Crippen LogP contribution in [-0.2, 0) is 6.42 Å². The van der Waals surface area contributed by atoms with Gasteiger partial charge in [0.2, 0.25) is 0 Å². The van der Waals surface area contributed by atoms with Crippen molar-refractivity contribution in [2.45, 2.75) is 33.1 Å². The first kappa shape index (κ1) is 16.5. The van der Waals surface area contributed by atoms with E-state index in [-0.39, 0.29) is 0 Å². The first-order valence-electron chi connectivity index (χ1n) is 8.19. The van der Waals surface area contributed by atoms with Crippen LogP contribution in [0.15, 0.2) is 36.4 Å². The number of aromatic nitrogens is 1. The van der Waals surface area contributed by atoms with Crippen molar-refractivity contribution < 1.29 is 0 Å². The van der Waals surface area contributed by atoms with Crippen molar-refractivity contribution in [1.29, 1.82) is 0 Å². The normalized spacial score (nSPS) is 11.3. The number of aromatic amines is 1. The molecule has 2 nitrogen and oxygen atoms in total. The van der Waals surface area contributed by atoms with E-state index in [9.17, 15) is 0 Å². The molecule has 0 saturated carbocycles. The molecule has 0 saturated heterocycles. The molecule has 0 aliphatic rings. The summed E-state index contributed by atoms with van der Waals surface area (Å²) in [6, 6.07) is 13.0. The van der Waals surface area contributed by atoms with Crippen molar-refractivity contribution in [3.05, 3.63) is 56.7 Å². The van der Waals surface area contributed by atoms with Gasteiger partial charge in [0.05, 0.1) is 5.69 Å². The Hall–Kier alpha value is -1.33. The summed E-state index contributed by atoms with van der Waals surface area (Å²) >= 11 is 2.43. The molecule has 3 rings (SSSR count). The van der Waals surface area contributed by atoms with Gasteiger partial charge in [-0.05, 0) is 85.0 Å². The van der Waals surface area contributed by atoms with Crippen molar-refractivity contribution >= 4 is 33.5 Å². The van der Waals surface area contributed by atoms with E-state index in [1.165, 1.54) is 42.4 Å². The topological polar surface area (TPSA) is 41.8 Å². The van der Waals surface area contributed by atoms with E-state index >= 15 is 0 Å². The maximum Gasteiger partial charge on any atom is 0.0508 e. The summed E-state index contributed by atoms with van der Waals surface area (Å²) in [4.78, 5) is 3.72. The summed E-state index contributed by atoms with van der Waals surface area (Å²) in [7, 11) is 0. The standard InChI is InChI=1S/C20H23IN2/c1-13-10-11-14(2)19-18(13)16(8-5-6-12-22)20(23-19)15-7-3-4-9-17(15)21/h3-4,7,9-11,23H,5-6,8,12,22H2,1-2H3. The van der Waals surface area contributed by atoms with Gasteiger partial charge in [0, 0.05) is 20.0 Å². The van der Waals surface area contributed by atoms with Gasteiger partial charge in [0.25, 0.3) is 0 Å². The fourth-order valence-corrected chi connectivity index (χ4v) is 3.93. The number of nitrogens with one attached hydrogen (secondary N) is 1. The van der Waals surface area contributed by atoms with Crippen molar-refractivity contribution in [2.24, 2.45) is 5.73 Å². The number of halogens is 1. The zero-order chi connectivity index (χ0) is 16.4. The molecule has 3 heteroatoms. The lowest BCUT2D eigenvalue weighted by Gasteiger charge is -2.08. The number of rotatable bonds is 5. The van der Waals surface area contributed by atoms with E-state index in [2.05, 4.69) is 77.8 Å². The molecule has 1 aromatic heterocycles. The van der Waals surface area contributed by atoms with Crippen LogP contribution in [0.2, 0.25) is 0 Å². The van der Waals surface area contributed by atoms with Crippen molar-refractivity contribution in [2.75, 3.05) is 6.54 Å². The van der Waals surface area contributed by atoms with E-state index < -0.39 is 0 Å². The van der Waals surface area contributed by atoms with Crippen LogP contribution in [-0.4, -0.2) is 11.5 Å². The van der Waals surface area contributed by atoms with Gasteiger partial charge >= 0.3 is 0 Å². The number of fused-ring (bicyclic) bond motifs is 1. The van der Waals surface area contributed by atoms with Crippen LogP contribution in [0.25, 0.3) is 22.2 Å². The molecule has 0 unspecified atom stereocenters. The lowest BCUT2D eigenvalue weighted by Crippen LogP contribution is -1.99. The van der Waals surface area contributed by atoms with Gasteiger partial charge in [-0.2, -0.15) is 0 Å². The summed E-state index contributed by atoms with van der Waals surface area (Å²) in [6.45, 7) is 5.15. The molecule has 3 N–H and O–H groups in total. The minimum Gasteiger partial charge on any atom is -0.354 e. The third kappa shape index (κ3) is 3.17. The molecule has 0 bridgehead atoms. The van der Waals surface area contributed by atoms with Gasteiger partial charge < -0.3 is 10.7 Å². The third-order valence-corrected chi connectivity index (χ3v) is 5.44. The summed E-state index contributed by atoms with van der Waals surface area (Å²) in [6.07, 6.45) is 3.28. The van der Waals surface area contributed by atoms with Crippen molar-refractivity contribution in [3.8, 4) is 11.3 Å². The minimum absolute atomic E-state index is 0.762. The smallest absolute Gasteiger partial charge is 0.0508 e. The number of H-pyrrole nitrogens is 1. The number of nitrogens with two attached hydrogens (primary N) is 1. The monoisotopic (exact) mass is 418 g/mol. The Bertz CT molecular complexity index is 833. The van der Waals surface area contributed by atoms with Gasteiger partial charge in [-0.25, -0.2) is 0 Å². The SMILES string of the molecule is Cc1ccc(C)c2c(CCCCN)c(-c3ccccc3I)[nH]c12. The second-order valence-electron chi connectivity index (χ2n) is 6.15. The van der Waals surface area contributed by atoms with E-state index in [0.717, 1.165) is 25.8 Å².